The minimum absolute atomic E-state index is 0.127. The summed E-state index contributed by atoms with van der Waals surface area (Å²) < 4.78 is 75.9. The molecule has 17 nitrogen and oxygen atoms in total. The number of hydrogen-bond acceptors (Lipinski definition) is 12. The first-order valence-corrected chi connectivity index (χ1v) is 16.1. The third-order valence-corrected chi connectivity index (χ3v) is 8.22. The number of carboxylic acids is 2. The van der Waals surface area contributed by atoms with Gasteiger partial charge in [0, 0.05) is 61.3 Å². The number of aliphatic carboxylic acids is 2. The first kappa shape index (κ1) is 42.3. The number of carbonyl (C=O) groups is 3. The van der Waals surface area contributed by atoms with Gasteiger partial charge >= 0.3 is 30.4 Å². The first-order valence-electron chi connectivity index (χ1n) is 16.1. The molecule has 3 fully saturated rings. The summed E-state index contributed by atoms with van der Waals surface area (Å²) in [6, 6.07) is 12.8. The van der Waals surface area contributed by atoms with Crippen molar-refractivity contribution in [2.45, 2.75) is 43.5 Å². The van der Waals surface area contributed by atoms with Crippen LogP contribution in [-0.4, -0.2) is 127 Å². The van der Waals surface area contributed by atoms with E-state index in [2.05, 4.69) is 37.3 Å². The number of aliphatic hydroxyl groups excluding tert-OH is 1. The highest BCUT2D eigenvalue weighted by atomic mass is 19.4. The highest BCUT2D eigenvalue weighted by molar-refractivity contribution is 5.85. The number of rotatable bonds is 10. The van der Waals surface area contributed by atoms with Crippen molar-refractivity contribution in [1.29, 1.82) is 5.26 Å². The molecule has 7 heterocycles. The summed E-state index contributed by atoms with van der Waals surface area (Å²) in [7, 11) is 1.62. The van der Waals surface area contributed by atoms with Gasteiger partial charge < -0.3 is 40.1 Å². The maximum Gasteiger partial charge on any atom is 0.490 e. The van der Waals surface area contributed by atoms with Crippen molar-refractivity contribution in [3.63, 3.8) is 0 Å². The number of methoxy groups -OCH3 is 1. The lowest BCUT2D eigenvalue weighted by molar-refractivity contribution is -0.193. The molecule has 2 bridgehead atoms. The zero-order valence-electron chi connectivity index (χ0n) is 28.9. The molecule has 3 unspecified atom stereocenters. The van der Waals surface area contributed by atoms with Gasteiger partial charge in [0.05, 0.1) is 37.1 Å². The SMILES string of the molecule is COc1ccc(CN2C3CC2CN(c2ccc(-c4cc(OCC(O)CNC(=O)O)cn5ncc(C#N)c45)cn2)C3)cn1.O=C(O)C(F)(F)F.O=C(O)C(F)(F)F. The number of aliphatic hydroxyl groups is 1. The number of carboxylic acid groups (broad SMARTS) is 3. The molecule has 3 atom stereocenters. The summed E-state index contributed by atoms with van der Waals surface area (Å²) in [5.74, 6) is -3.60. The van der Waals surface area contributed by atoms with E-state index in [1.807, 2.05) is 24.4 Å². The number of amides is 1. The van der Waals surface area contributed by atoms with Crippen LogP contribution in [-0.2, 0) is 16.1 Å². The Labute approximate surface area is 311 Å². The Morgan fingerprint density at radius 3 is 2.12 bits per heavy atom. The molecule has 7 rings (SSSR count). The Bertz CT molecular complexity index is 2000. The Morgan fingerprint density at radius 2 is 1.62 bits per heavy atom. The van der Waals surface area contributed by atoms with E-state index in [1.165, 1.54) is 18.2 Å². The van der Waals surface area contributed by atoms with E-state index < -0.39 is 36.5 Å². The molecule has 3 aliphatic heterocycles. The fourth-order valence-electron chi connectivity index (χ4n) is 5.64. The van der Waals surface area contributed by atoms with Crippen LogP contribution in [0.5, 0.6) is 11.6 Å². The van der Waals surface area contributed by atoms with E-state index in [0.717, 1.165) is 31.0 Å². The van der Waals surface area contributed by atoms with Crippen molar-refractivity contribution in [3.05, 3.63) is 66.2 Å². The van der Waals surface area contributed by atoms with Crippen LogP contribution >= 0.6 is 0 Å². The molecule has 0 aromatic carbocycles. The van der Waals surface area contributed by atoms with Gasteiger partial charge in [-0.15, -0.1) is 0 Å². The number of anilines is 1. The molecular formula is C33H32F6N8O9. The maximum absolute atomic E-state index is 10.7. The van der Waals surface area contributed by atoms with Gasteiger partial charge in [-0.2, -0.15) is 36.7 Å². The minimum Gasteiger partial charge on any atom is -0.489 e. The fourth-order valence-corrected chi connectivity index (χ4v) is 5.64. The summed E-state index contributed by atoms with van der Waals surface area (Å²) in [6.07, 6.45) is -4.49. The van der Waals surface area contributed by atoms with E-state index >= 15 is 0 Å². The Hall–Kier alpha value is -6.41. The van der Waals surface area contributed by atoms with Crippen LogP contribution in [0.25, 0.3) is 16.6 Å². The van der Waals surface area contributed by atoms with E-state index in [4.69, 9.17) is 39.4 Å². The van der Waals surface area contributed by atoms with Crippen LogP contribution in [0.15, 0.2) is 55.1 Å². The van der Waals surface area contributed by atoms with Crippen molar-refractivity contribution in [2.75, 3.05) is 38.3 Å². The number of fused-ring (bicyclic) bond motifs is 3. The van der Waals surface area contributed by atoms with Gasteiger partial charge in [0.25, 0.3) is 0 Å². The number of nitriles is 1. The third kappa shape index (κ3) is 11.1. The van der Waals surface area contributed by atoms with E-state index in [1.54, 1.807) is 30.1 Å². The number of alkyl halides is 6. The summed E-state index contributed by atoms with van der Waals surface area (Å²) in [5, 5.41) is 49.1. The van der Waals surface area contributed by atoms with E-state index in [-0.39, 0.29) is 13.2 Å². The zero-order chi connectivity index (χ0) is 41.4. The molecule has 1 amide bonds. The zero-order valence-corrected chi connectivity index (χ0v) is 28.9. The molecule has 23 heteroatoms. The largest absolute Gasteiger partial charge is 0.490 e. The molecule has 0 radical (unpaired) electrons. The molecule has 4 aromatic rings. The summed E-state index contributed by atoms with van der Waals surface area (Å²) in [4.78, 5) is 42.4. The summed E-state index contributed by atoms with van der Waals surface area (Å²) >= 11 is 0. The van der Waals surface area contributed by atoms with E-state index in [9.17, 15) is 41.5 Å². The molecule has 3 aliphatic rings. The van der Waals surface area contributed by atoms with Gasteiger partial charge in [-0.25, -0.2) is 28.9 Å². The lowest BCUT2D eigenvalue weighted by Gasteiger charge is -2.56. The molecule has 0 saturated carbocycles. The van der Waals surface area contributed by atoms with Crippen molar-refractivity contribution in [3.8, 4) is 28.8 Å². The Kier molecular flexibility index (Phi) is 13.5. The van der Waals surface area contributed by atoms with Crippen LogP contribution in [0, 0.1) is 11.3 Å². The normalized spacial score (nSPS) is 16.8. The van der Waals surface area contributed by atoms with Crippen molar-refractivity contribution >= 4 is 29.4 Å². The molecule has 3 saturated heterocycles. The summed E-state index contributed by atoms with van der Waals surface area (Å²) in [5.41, 5.74) is 3.70. The molecule has 5 N–H and O–H groups in total. The van der Waals surface area contributed by atoms with Crippen molar-refractivity contribution < 1.29 is 70.6 Å². The number of nitrogens with zero attached hydrogens (tertiary/aromatic N) is 7. The van der Waals surface area contributed by atoms with Gasteiger partial charge in [-0.05, 0) is 30.2 Å². The van der Waals surface area contributed by atoms with Crippen LogP contribution in [0.4, 0.5) is 37.0 Å². The second-order valence-corrected chi connectivity index (χ2v) is 12.0. The van der Waals surface area contributed by atoms with Crippen LogP contribution in [0.1, 0.15) is 17.5 Å². The second-order valence-electron chi connectivity index (χ2n) is 12.0. The monoisotopic (exact) mass is 798 g/mol. The van der Waals surface area contributed by atoms with Gasteiger partial charge in [0.2, 0.25) is 5.88 Å². The van der Waals surface area contributed by atoms with Crippen LogP contribution < -0.4 is 19.7 Å². The first-order chi connectivity index (χ1) is 26.3. The molecular weight excluding hydrogens is 766 g/mol. The number of hydrogen-bond donors (Lipinski definition) is 5. The number of pyridine rings is 3. The number of ether oxygens (including phenoxy) is 2. The second kappa shape index (κ2) is 17.8. The summed E-state index contributed by atoms with van der Waals surface area (Å²) in [6.45, 7) is 2.35. The lowest BCUT2D eigenvalue weighted by Crippen LogP contribution is -2.68. The molecule has 56 heavy (non-hydrogen) atoms. The Morgan fingerprint density at radius 1 is 0.982 bits per heavy atom. The third-order valence-electron chi connectivity index (χ3n) is 8.22. The molecule has 0 aliphatic carbocycles. The lowest BCUT2D eigenvalue weighted by atomic mass is 9.87. The number of aromatic nitrogens is 4. The van der Waals surface area contributed by atoms with Crippen molar-refractivity contribution in [2.24, 2.45) is 0 Å². The van der Waals surface area contributed by atoms with E-state index in [0.29, 0.717) is 40.4 Å². The van der Waals surface area contributed by atoms with Gasteiger partial charge in [-0.1, -0.05) is 6.07 Å². The quantitative estimate of drug-likeness (QED) is 0.145. The van der Waals surface area contributed by atoms with Gasteiger partial charge in [0.15, 0.2) is 0 Å². The van der Waals surface area contributed by atoms with Gasteiger partial charge in [0.1, 0.15) is 30.3 Å². The predicted molar refractivity (Wildman–Crippen MR) is 179 cm³/mol. The average molecular weight is 799 g/mol. The number of piperidine rings is 1. The van der Waals surface area contributed by atoms with Crippen LogP contribution in [0.3, 0.4) is 0 Å². The number of halogens is 6. The maximum atomic E-state index is 10.7. The number of nitrogens with one attached hydrogen (secondary N) is 1. The predicted octanol–water partition coefficient (Wildman–Crippen LogP) is 3.41. The topological polar surface area (TPSA) is 236 Å². The van der Waals surface area contributed by atoms with Gasteiger partial charge in [-0.3, -0.25) is 4.90 Å². The smallest absolute Gasteiger partial charge is 0.489 e. The van der Waals surface area contributed by atoms with Crippen molar-refractivity contribution in [1.82, 2.24) is 29.8 Å². The highest BCUT2D eigenvalue weighted by Crippen LogP contribution is 2.36. The molecule has 0 spiro atoms. The highest BCUT2D eigenvalue weighted by Gasteiger charge is 2.44. The minimum atomic E-state index is -5.08. The number of piperazine rings is 1. The average Bonchev–Trinajstić information content (AvgIpc) is 3.58. The standard InChI is InChI=1S/C29H30N8O5.2C2HF3O2/c1-41-27-5-2-18(9-32-27)13-36-21-6-22(36)15-35(14-21)26-4-3-19(10-31-26)25-7-24(42-17-23(38)12-33-29(39)40)16-37-28(25)20(8-30)11-34-37;2*3-2(4,5)1(6)7/h2-5,7,9-11,16,21-23,33,38H,6,12-15,17H2,1H3,(H,39,40);2*(H,6,7). The molecule has 4 aromatic heterocycles. The fraction of sp³-hybridized carbons (Fsp3) is 0.364. The molecule has 300 valence electrons. The Balaban J connectivity index is 0.000000425. The van der Waals surface area contributed by atoms with Crippen LogP contribution in [0.2, 0.25) is 0 Å².